The van der Waals surface area contributed by atoms with Gasteiger partial charge in [-0.3, -0.25) is 0 Å². The van der Waals surface area contributed by atoms with E-state index in [2.05, 4.69) is 11.7 Å². The lowest BCUT2D eigenvalue weighted by atomic mass is 9.94. The van der Waals surface area contributed by atoms with Crippen molar-refractivity contribution in [1.29, 1.82) is 0 Å². The Morgan fingerprint density at radius 2 is 2.00 bits per heavy atom. The number of hydrogen-bond donors (Lipinski definition) is 1. The first kappa shape index (κ1) is 19.3. The molecule has 0 aliphatic rings. The topological polar surface area (TPSA) is 86.2 Å². The number of sulfonamides is 1. The van der Waals surface area contributed by atoms with Crippen molar-refractivity contribution in [1.82, 2.24) is 5.16 Å². The van der Waals surface area contributed by atoms with Gasteiger partial charge in [0.2, 0.25) is 10.0 Å². The predicted octanol–water partition coefficient (Wildman–Crippen LogP) is 4.74. The van der Waals surface area contributed by atoms with Crippen molar-refractivity contribution in [2.24, 2.45) is 5.14 Å². The zero-order valence-electron chi connectivity index (χ0n) is 14.3. The van der Waals surface area contributed by atoms with E-state index < -0.39 is 15.8 Å². The number of nitrogens with two attached hydrogens (primary N) is 1. The molecule has 0 saturated heterocycles. The quantitative estimate of drug-likeness (QED) is 0.620. The third kappa shape index (κ3) is 3.66. The van der Waals surface area contributed by atoms with Crippen LogP contribution in [-0.2, 0) is 10.0 Å². The lowest BCUT2D eigenvalue weighted by molar-refractivity contribution is 0.380. The molecule has 5 nitrogen and oxygen atoms in total. The third-order valence-corrected chi connectivity index (χ3v) is 5.40. The zero-order valence-corrected chi connectivity index (χ0v) is 15.9. The van der Waals surface area contributed by atoms with Gasteiger partial charge in [-0.15, -0.1) is 6.58 Å². The van der Waals surface area contributed by atoms with Crippen LogP contribution in [0, 0.1) is 5.82 Å². The van der Waals surface area contributed by atoms with Crippen LogP contribution in [0.5, 0.6) is 0 Å². The van der Waals surface area contributed by atoms with Crippen molar-refractivity contribution in [2.75, 3.05) is 0 Å². The second-order valence-electron chi connectivity index (χ2n) is 5.96. The first-order valence-electron chi connectivity index (χ1n) is 7.93. The molecule has 1 aromatic heterocycles. The Balaban J connectivity index is 2.36. The van der Waals surface area contributed by atoms with Gasteiger partial charge >= 0.3 is 0 Å². The van der Waals surface area contributed by atoms with E-state index in [9.17, 15) is 12.8 Å². The Kier molecular flexibility index (Phi) is 5.19. The van der Waals surface area contributed by atoms with E-state index in [-0.39, 0.29) is 15.8 Å². The summed E-state index contributed by atoms with van der Waals surface area (Å²) in [5.41, 5.74) is 1.58. The Bertz CT molecular complexity index is 1130. The van der Waals surface area contributed by atoms with Crippen molar-refractivity contribution in [3.8, 4) is 22.4 Å². The van der Waals surface area contributed by atoms with Crippen molar-refractivity contribution in [2.45, 2.75) is 17.7 Å². The number of nitrogens with zero attached hydrogens (tertiary/aromatic N) is 1. The van der Waals surface area contributed by atoms with E-state index in [1.807, 2.05) is 6.92 Å². The molecule has 0 aliphatic heterocycles. The first-order chi connectivity index (χ1) is 12.7. The highest BCUT2D eigenvalue weighted by molar-refractivity contribution is 7.89. The van der Waals surface area contributed by atoms with Crippen molar-refractivity contribution >= 4 is 21.6 Å². The molecule has 3 aromatic rings. The lowest BCUT2D eigenvalue weighted by Crippen LogP contribution is -2.13. The molecule has 1 heterocycles. The van der Waals surface area contributed by atoms with Gasteiger partial charge in [-0.25, -0.2) is 17.9 Å². The molecule has 0 spiro atoms. The second kappa shape index (κ2) is 7.26. The summed E-state index contributed by atoms with van der Waals surface area (Å²) in [6, 6.07) is 10.4. The lowest BCUT2D eigenvalue weighted by Gasteiger charge is -2.11. The Morgan fingerprint density at radius 1 is 1.30 bits per heavy atom. The Labute approximate surface area is 161 Å². The van der Waals surface area contributed by atoms with Crippen LogP contribution in [0.2, 0.25) is 5.02 Å². The Hall–Kier alpha value is -2.48. The van der Waals surface area contributed by atoms with Crippen LogP contribution in [0.15, 0.2) is 64.5 Å². The van der Waals surface area contributed by atoms with Crippen LogP contribution in [0.4, 0.5) is 4.39 Å². The molecule has 0 radical (unpaired) electrons. The van der Waals surface area contributed by atoms with Crippen LogP contribution in [0.3, 0.4) is 0 Å². The summed E-state index contributed by atoms with van der Waals surface area (Å²) in [6.45, 7) is 5.58. The monoisotopic (exact) mass is 406 g/mol. The van der Waals surface area contributed by atoms with Crippen LogP contribution in [0.1, 0.15) is 18.6 Å². The summed E-state index contributed by atoms with van der Waals surface area (Å²) in [6.07, 6.45) is 1.64. The summed E-state index contributed by atoms with van der Waals surface area (Å²) in [5.74, 6) is -0.419. The molecule has 1 unspecified atom stereocenters. The molecule has 2 aromatic carbocycles. The fourth-order valence-corrected chi connectivity index (χ4v) is 3.67. The largest absolute Gasteiger partial charge is 0.359 e. The van der Waals surface area contributed by atoms with E-state index in [4.69, 9.17) is 21.3 Å². The van der Waals surface area contributed by atoms with Gasteiger partial charge in [0.15, 0.2) is 5.76 Å². The van der Waals surface area contributed by atoms with E-state index in [1.54, 1.807) is 24.3 Å². The normalized spacial score (nSPS) is 12.7. The molecule has 0 amide bonds. The fourth-order valence-electron chi connectivity index (χ4n) is 2.74. The highest BCUT2D eigenvalue weighted by atomic mass is 35.5. The highest BCUT2D eigenvalue weighted by Crippen LogP contribution is 2.41. The fraction of sp³-hybridized carbons (Fsp3) is 0.105. The summed E-state index contributed by atoms with van der Waals surface area (Å²) < 4.78 is 43.2. The van der Waals surface area contributed by atoms with Gasteiger partial charge in [0, 0.05) is 17.0 Å². The summed E-state index contributed by atoms with van der Waals surface area (Å²) in [7, 11) is -4.00. The second-order valence-corrected chi connectivity index (χ2v) is 7.90. The van der Waals surface area contributed by atoms with Gasteiger partial charge in [-0.05, 0) is 24.3 Å². The van der Waals surface area contributed by atoms with E-state index in [0.29, 0.717) is 28.1 Å². The minimum Gasteiger partial charge on any atom is -0.359 e. The SMILES string of the molecule is C=CC(C)c1onc(-c2ccc(F)c(Cl)c2)c1-c1ccccc1S(N)(=O)=O. The maximum absolute atomic E-state index is 13.6. The molecule has 0 bridgehead atoms. The van der Waals surface area contributed by atoms with Crippen molar-refractivity contribution in [3.05, 3.63) is 71.7 Å². The van der Waals surface area contributed by atoms with Gasteiger partial charge in [-0.1, -0.05) is 48.0 Å². The minimum absolute atomic E-state index is 0.0693. The molecule has 2 N–H and O–H groups in total. The van der Waals surface area contributed by atoms with Crippen LogP contribution >= 0.6 is 11.6 Å². The summed E-state index contributed by atoms with van der Waals surface area (Å²) in [5, 5.41) is 9.39. The van der Waals surface area contributed by atoms with Gasteiger partial charge in [0.25, 0.3) is 0 Å². The zero-order chi connectivity index (χ0) is 19.8. The number of primary sulfonamides is 1. The van der Waals surface area contributed by atoms with E-state index in [1.165, 1.54) is 24.3 Å². The molecule has 1 atom stereocenters. The van der Waals surface area contributed by atoms with E-state index >= 15 is 0 Å². The summed E-state index contributed by atoms with van der Waals surface area (Å²) in [4.78, 5) is -0.0693. The molecule has 8 heteroatoms. The smallest absolute Gasteiger partial charge is 0.238 e. The maximum atomic E-state index is 13.6. The molecule has 0 fully saturated rings. The molecule has 3 rings (SSSR count). The first-order valence-corrected chi connectivity index (χ1v) is 9.86. The number of allylic oxidation sites excluding steroid dienone is 1. The van der Waals surface area contributed by atoms with Crippen molar-refractivity contribution in [3.63, 3.8) is 0 Å². The third-order valence-electron chi connectivity index (χ3n) is 4.14. The minimum atomic E-state index is -4.00. The number of benzene rings is 2. The number of aromatic nitrogens is 1. The van der Waals surface area contributed by atoms with E-state index in [0.717, 1.165) is 0 Å². The Morgan fingerprint density at radius 3 is 2.63 bits per heavy atom. The van der Waals surface area contributed by atoms with Crippen LogP contribution in [0.25, 0.3) is 22.4 Å². The van der Waals surface area contributed by atoms with Gasteiger partial charge in [-0.2, -0.15) is 0 Å². The molecule has 0 aliphatic carbocycles. The van der Waals surface area contributed by atoms with Gasteiger partial charge in [0.05, 0.1) is 15.5 Å². The standard InChI is InChI=1S/C19H16ClFN2O3S/c1-3-11(2)19-17(13-6-4-5-7-16(13)27(22,24)25)18(23-26-19)12-8-9-15(21)14(20)10-12/h3-11H,1H2,2H3,(H2,22,24,25). The van der Waals surface area contributed by atoms with Gasteiger partial charge in [0.1, 0.15) is 11.5 Å². The maximum Gasteiger partial charge on any atom is 0.238 e. The molecule has 27 heavy (non-hydrogen) atoms. The van der Waals surface area contributed by atoms with Crippen LogP contribution < -0.4 is 5.14 Å². The van der Waals surface area contributed by atoms with Crippen LogP contribution in [-0.4, -0.2) is 13.6 Å². The molecular formula is C19H16ClFN2O3S. The average molecular weight is 407 g/mol. The molecule has 140 valence electrons. The predicted molar refractivity (Wildman–Crippen MR) is 102 cm³/mol. The summed E-state index contributed by atoms with van der Waals surface area (Å²) >= 11 is 5.90. The number of rotatable bonds is 5. The average Bonchev–Trinajstić information content (AvgIpc) is 3.07. The van der Waals surface area contributed by atoms with Gasteiger partial charge < -0.3 is 4.52 Å². The number of hydrogen-bond acceptors (Lipinski definition) is 4. The van der Waals surface area contributed by atoms with Crippen molar-refractivity contribution < 1.29 is 17.3 Å². The number of halogens is 2. The molecule has 0 saturated carbocycles. The molecular weight excluding hydrogens is 391 g/mol. The highest BCUT2D eigenvalue weighted by Gasteiger charge is 2.26.